The molecule has 0 aromatic carbocycles. The fourth-order valence-corrected chi connectivity index (χ4v) is 1.54. The predicted molar refractivity (Wildman–Crippen MR) is 61.3 cm³/mol. The van der Waals surface area contributed by atoms with Gasteiger partial charge in [0.05, 0.1) is 12.3 Å². The van der Waals surface area contributed by atoms with E-state index < -0.39 is 12.0 Å². The normalized spacial score (nSPS) is 12.2. The van der Waals surface area contributed by atoms with Gasteiger partial charge in [-0.3, -0.25) is 4.79 Å². The van der Waals surface area contributed by atoms with Crippen LogP contribution < -0.4 is 5.32 Å². The van der Waals surface area contributed by atoms with Crippen molar-refractivity contribution >= 4 is 11.9 Å². The number of hydrogen-bond acceptors (Lipinski definition) is 5. The Hall–Kier alpha value is -1.96. The van der Waals surface area contributed by atoms with E-state index in [4.69, 9.17) is 9.84 Å². The number of carbonyl (C=O) groups excluding carboxylic acids is 1. The van der Waals surface area contributed by atoms with E-state index in [1.165, 1.54) is 18.8 Å². The first-order valence-corrected chi connectivity index (χ1v) is 5.40. The molecule has 1 heterocycles. The van der Waals surface area contributed by atoms with E-state index in [1.807, 2.05) is 0 Å². The second-order valence-corrected chi connectivity index (χ2v) is 3.67. The van der Waals surface area contributed by atoms with E-state index >= 15 is 0 Å². The molecule has 0 bridgehead atoms. The number of nitrogens with one attached hydrogen (secondary N) is 1. The molecule has 1 amide bonds. The van der Waals surface area contributed by atoms with Crippen LogP contribution in [0, 0.1) is 0 Å². The fraction of sp³-hybridized carbons (Fsp3) is 0.600. The smallest absolute Gasteiger partial charge is 0.358 e. The number of amides is 1. The average molecular weight is 256 g/mol. The molecule has 0 fully saturated rings. The monoisotopic (exact) mass is 256 g/mol. The zero-order valence-corrected chi connectivity index (χ0v) is 10.5. The molecule has 8 nitrogen and oxygen atoms in total. The molecule has 0 aliphatic rings. The molecule has 1 rings (SSSR count). The summed E-state index contributed by atoms with van der Waals surface area (Å²) in [6, 6.07) is -0.623. The number of likely N-dealkylation sites (N-methyl/N-ethyl adjacent to an activating group) is 1. The van der Waals surface area contributed by atoms with Gasteiger partial charge < -0.3 is 15.2 Å². The van der Waals surface area contributed by atoms with E-state index in [1.54, 1.807) is 6.92 Å². The van der Waals surface area contributed by atoms with Gasteiger partial charge in [0.25, 0.3) is 0 Å². The summed E-state index contributed by atoms with van der Waals surface area (Å²) in [5, 5.41) is 18.8. The highest BCUT2D eigenvalue weighted by Gasteiger charge is 2.24. The van der Waals surface area contributed by atoms with Crippen molar-refractivity contribution < 1.29 is 19.4 Å². The number of hydrogen-bond donors (Lipinski definition) is 2. The van der Waals surface area contributed by atoms with Gasteiger partial charge in [0, 0.05) is 20.6 Å². The van der Waals surface area contributed by atoms with Crippen molar-refractivity contribution in [2.45, 2.75) is 19.4 Å². The third kappa shape index (κ3) is 2.83. The number of aromatic nitrogens is 3. The quantitative estimate of drug-likeness (QED) is 0.708. The lowest BCUT2D eigenvalue weighted by molar-refractivity contribution is -0.123. The maximum absolute atomic E-state index is 11.5. The standard InChI is InChI=1S/C10H16N4O4/c1-6(9(15)11-2)14-7(4-5-18-3)8(10(16)17)12-13-14/h6H,4-5H2,1-3H3,(H,11,15)(H,16,17). The van der Waals surface area contributed by atoms with Crippen molar-refractivity contribution in [3.8, 4) is 0 Å². The number of rotatable bonds is 6. The Morgan fingerprint density at radius 1 is 1.56 bits per heavy atom. The van der Waals surface area contributed by atoms with Gasteiger partial charge in [-0.2, -0.15) is 0 Å². The lowest BCUT2D eigenvalue weighted by atomic mass is 10.2. The lowest BCUT2D eigenvalue weighted by Gasteiger charge is -2.13. The fourth-order valence-electron chi connectivity index (χ4n) is 1.54. The Bertz CT molecular complexity index is 443. The van der Waals surface area contributed by atoms with Crippen LogP contribution in [0.1, 0.15) is 29.1 Å². The number of carboxylic acids is 1. The first-order chi connectivity index (χ1) is 8.52. The summed E-state index contributed by atoms with van der Waals surface area (Å²) in [5.41, 5.74) is 0.225. The topological polar surface area (TPSA) is 106 Å². The van der Waals surface area contributed by atoms with Crippen LogP contribution in [0.2, 0.25) is 0 Å². The number of nitrogens with zero attached hydrogens (tertiary/aromatic N) is 3. The van der Waals surface area contributed by atoms with Crippen LogP contribution in [-0.4, -0.2) is 52.7 Å². The Kier molecular flexibility index (Phi) is 4.78. The molecule has 1 atom stereocenters. The van der Waals surface area contributed by atoms with Gasteiger partial charge in [-0.25, -0.2) is 9.48 Å². The second-order valence-electron chi connectivity index (χ2n) is 3.67. The van der Waals surface area contributed by atoms with Crippen LogP contribution in [0.25, 0.3) is 0 Å². The molecule has 0 radical (unpaired) electrons. The van der Waals surface area contributed by atoms with E-state index in [-0.39, 0.29) is 11.6 Å². The van der Waals surface area contributed by atoms with Crippen LogP contribution in [-0.2, 0) is 16.0 Å². The first-order valence-electron chi connectivity index (χ1n) is 5.40. The molecule has 0 aliphatic carbocycles. The first kappa shape index (κ1) is 14.1. The van der Waals surface area contributed by atoms with Crippen molar-refractivity contribution in [1.29, 1.82) is 0 Å². The van der Waals surface area contributed by atoms with Crippen molar-refractivity contribution in [1.82, 2.24) is 20.3 Å². The molecule has 100 valence electrons. The maximum Gasteiger partial charge on any atom is 0.358 e. The Morgan fingerprint density at radius 3 is 2.72 bits per heavy atom. The van der Waals surface area contributed by atoms with Gasteiger partial charge >= 0.3 is 5.97 Å². The number of aromatic carboxylic acids is 1. The van der Waals surface area contributed by atoms with Gasteiger partial charge in [0.15, 0.2) is 5.69 Å². The van der Waals surface area contributed by atoms with Gasteiger partial charge in [0.2, 0.25) is 5.91 Å². The molecule has 0 saturated carbocycles. The van der Waals surface area contributed by atoms with E-state index in [9.17, 15) is 9.59 Å². The maximum atomic E-state index is 11.5. The third-order valence-corrected chi connectivity index (χ3v) is 2.53. The van der Waals surface area contributed by atoms with Gasteiger partial charge in [-0.15, -0.1) is 5.10 Å². The van der Waals surface area contributed by atoms with E-state index in [0.29, 0.717) is 18.7 Å². The van der Waals surface area contributed by atoms with Gasteiger partial charge in [-0.05, 0) is 6.92 Å². The molecule has 0 spiro atoms. The summed E-state index contributed by atoms with van der Waals surface area (Å²) in [6.45, 7) is 1.95. The minimum Gasteiger partial charge on any atom is -0.476 e. The molecule has 0 saturated heterocycles. The van der Waals surface area contributed by atoms with Crippen LogP contribution in [0.4, 0.5) is 0 Å². The van der Waals surface area contributed by atoms with Crippen LogP contribution in [0.5, 0.6) is 0 Å². The molecular formula is C10H16N4O4. The molecular weight excluding hydrogens is 240 g/mol. The molecule has 1 unspecified atom stereocenters. The number of methoxy groups -OCH3 is 1. The molecule has 0 aliphatic heterocycles. The second kappa shape index (κ2) is 6.10. The molecule has 18 heavy (non-hydrogen) atoms. The van der Waals surface area contributed by atoms with Crippen molar-refractivity contribution in [3.63, 3.8) is 0 Å². The summed E-state index contributed by atoms with van der Waals surface area (Å²) in [5.74, 6) is -1.44. The van der Waals surface area contributed by atoms with Crippen LogP contribution >= 0.6 is 0 Å². The zero-order chi connectivity index (χ0) is 13.7. The lowest BCUT2D eigenvalue weighted by Crippen LogP contribution is -2.29. The highest BCUT2D eigenvalue weighted by Crippen LogP contribution is 2.13. The van der Waals surface area contributed by atoms with Crippen LogP contribution in [0.15, 0.2) is 0 Å². The minimum atomic E-state index is -1.17. The SMILES string of the molecule is CNC(=O)C(C)n1nnc(C(=O)O)c1CCOC. The highest BCUT2D eigenvalue weighted by molar-refractivity contribution is 5.87. The summed E-state index contributed by atoms with van der Waals surface area (Å²) >= 11 is 0. The number of ether oxygens (including phenoxy) is 1. The van der Waals surface area contributed by atoms with Crippen molar-refractivity contribution in [2.75, 3.05) is 20.8 Å². The molecule has 1 aromatic heterocycles. The van der Waals surface area contributed by atoms with Crippen molar-refractivity contribution in [2.24, 2.45) is 0 Å². The Morgan fingerprint density at radius 2 is 2.22 bits per heavy atom. The predicted octanol–water partition coefficient (Wildman–Crippen LogP) is -0.528. The summed E-state index contributed by atoms with van der Waals surface area (Å²) in [7, 11) is 3.01. The van der Waals surface area contributed by atoms with Crippen LogP contribution in [0.3, 0.4) is 0 Å². The molecule has 2 N–H and O–H groups in total. The Balaban J connectivity index is 3.10. The van der Waals surface area contributed by atoms with Gasteiger partial charge in [0.1, 0.15) is 6.04 Å². The van der Waals surface area contributed by atoms with Gasteiger partial charge in [-0.1, -0.05) is 5.21 Å². The number of carbonyl (C=O) groups is 2. The third-order valence-electron chi connectivity index (χ3n) is 2.53. The number of carboxylic acid groups (broad SMARTS) is 1. The molecule has 1 aromatic rings. The van der Waals surface area contributed by atoms with E-state index in [2.05, 4.69) is 15.6 Å². The van der Waals surface area contributed by atoms with Crippen molar-refractivity contribution in [3.05, 3.63) is 11.4 Å². The Labute approximate surface area is 104 Å². The molecule has 8 heteroatoms. The summed E-state index contributed by atoms with van der Waals surface area (Å²) < 4.78 is 6.22. The highest BCUT2D eigenvalue weighted by atomic mass is 16.5. The van der Waals surface area contributed by atoms with E-state index in [0.717, 1.165) is 0 Å². The summed E-state index contributed by atoms with van der Waals surface area (Å²) in [6.07, 6.45) is 0.326. The average Bonchev–Trinajstić information content (AvgIpc) is 2.78. The minimum absolute atomic E-state index is 0.150. The zero-order valence-electron chi connectivity index (χ0n) is 10.5. The largest absolute Gasteiger partial charge is 0.476 e. The summed E-state index contributed by atoms with van der Waals surface area (Å²) in [4.78, 5) is 22.5.